The molecule has 0 aliphatic heterocycles. The Morgan fingerprint density at radius 1 is 1.11 bits per heavy atom. The zero-order valence-electron chi connectivity index (χ0n) is 13.1. The molecule has 110 valence electrons. The SMILES string of the molecule is C=CC(=O)NC(C)(C)C.CC(=CC(C)(C)C)C(=O)O. The Morgan fingerprint density at radius 3 is 1.63 bits per heavy atom. The lowest BCUT2D eigenvalue weighted by atomic mass is 9.94. The summed E-state index contributed by atoms with van der Waals surface area (Å²) in [6, 6.07) is 0. The maximum atomic E-state index is 10.6. The number of amides is 1. The molecule has 0 heterocycles. The molecular formula is C15H27NO3. The second-order valence-electron chi connectivity index (χ2n) is 6.44. The Labute approximate surface area is 116 Å². The monoisotopic (exact) mass is 269 g/mol. The zero-order valence-corrected chi connectivity index (χ0v) is 13.1. The minimum Gasteiger partial charge on any atom is -0.478 e. The van der Waals surface area contributed by atoms with Crippen LogP contribution in [0.15, 0.2) is 24.3 Å². The molecule has 0 aromatic rings. The van der Waals surface area contributed by atoms with Gasteiger partial charge < -0.3 is 10.4 Å². The van der Waals surface area contributed by atoms with Gasteiger partial charge >= 0.3 is 5.97 Å². The summed E-state index contributed by atoms with van der Waals surface area (Å²) in [5.41, 5.74) is 0.223. The number of aliphatic carboxylic acids is 1. The van der Waals surface area contributed by atoms with Crippen LogP contribution in [0, 0.1) is 5.41 Å². The highest BCUT2D eigenvalue weighted by molar-refractivity contribution is 5.87. The Morgan fingerprint density at radius 2 is 1.53 bits per heavy atom. The molecular weight excluding hydrogens is 242 g/mol. The highest BCUT2D eigenvalue weighted by Gasteiger charge is 2.10. The molecule has 0 fully saturated rings. The van der Waals surface area contributed by atoms with Crippen LogP contribution < -0.4 is 5.32 Å². The van der Waals surface area contributed by atoms with E-state index in [-0.39, 0.29) is 16.9 Å². The summed E-state index contributed by atoms with van der Waals surface area (Å²) in [5.74, 6) is -0.961. The summed E-state index contributed by atoms with van der Waals surface area (Å²) in [6.45, 7) is 16.6. The highest BCUT2D eigenvalue weighted by Crippen LogP contribution is 2.17. The van der Waals surface area contributed by atoms with Crippen LogP contribution in [0.25, 0.3) is 0 Å². The van der Waals surface area contributed by atoms with Gasteiger partial charge in [-0.15, -0.1) is 0 Å². The van der Waals surface area contributed by atoms with Crippen molar-refractivity contribution in [2.75, 3.05) is 0 Å². The lowest BCUT2D eigenvalue weighted by Gasteiger charge is -2.18. The molecule has 0 spiro atoms. The largest absolute Gasteiger partial charge is 0.478 e. The molecule has 19 heavy (non-hydrogen) atoms. The number of nitrogens with one attached hydrogen (secondary N) is 1. The van der Waals surface area contributed by atoms with Gasteiger partial charge in [-0.3, -0.25) is 4.79 Å². The van der Waals surface area contributed by atoms with Gasteiger partial charge in [0.05, 0.1) is 0 Å². The molecule has 0 aromatic carbocycles. The average molecular weight is 269 g/mol. The van der Waals surface area contributed by atoms with Crippen LogP contribution in [-0.2, 0) is 9.59 Å². The Kier molecular flexibility index (Phi) is 8.08. The predicted octanol–water partition coefficient (Wildman–Crippen LogP) is 3.15. The third-order valence-corrected chi connectivity index (χ3v) is 1.67. The van der Waals surface area contributed by atoms with Crippen molar-refractivity contribution in [1.82, 2.24) is 5.32 Å². The van der Waals surface area contributed by atoms with Gasteiger partial charge in [0, 0.05) is 11.1 Å². The van der Waals surface area contributed by atoms with Gasteiger partial charge in [0.15, 0.2) is 0 Å². The molecule has 1 amide bonds. The Balaban J connectivity index is 0. The molecule has 0 unspecified atom stereocenters. The molecule has 0 saturated heterocycles. The number of rotatable bonds is 2. The molecule has 4 nitrogen and oxygen atoms in total. The first-order chi connectivity index (χ1) is 8.28. The third-order valence-electron chi connectivity index (χ3n) is 1.67. The van der Waals surface area contributed by atoms with Crippen LogP contribution >= 0.6 is 0 Å². The first-order valence-corrected chi connectivity index (χ1v) is 6.16. The van der Waals surface area contributed by atoms with Crippen molar-refractivity contribution in [2.45, 2.75) is 54.0 Å². The summed E-state index contributed by atoms with van der Waals surface area (Å²) in [6.07, 6.45) is 3.01. The van der Waals surface area contributed by atoms with Crippen LogP contribution in [0.3, 0.4) is 0 Å². The lowest BCUT2D eigenvalue weighted by molar-refractivity contribution is -0.132. The molecule has 0 aliphatic rings. The first-order valence-electron chi connectivity index (χ1n) is 6.16. The minimum absolute atomic E-state index is 0.0392. The molecule has 0 saturated carbocycles. The maximum Gasteiger partial charge on any atom is 0.330 e. The maximum absolute atomic E-state index is 10.6. The lowest BCUT2D eigenvalue weighted by Crippen LogP contribution is -2.39. The Hall–Kier alpha value is -1.58. The van der Waals surface area contributed by atoms with E-state index in [1.807, 2.05) is 41.5 Å². The smallest absolute Gasteiger partial charge is 0.330 e. The van der Waals surface area contributed by atoms with Gasteiger partial charge in [0.25, 0.3) is 0 Å². The van der Waals surface area contributed by atoms with Gasteiger partial charge in [-0.05, 0) is 39.2 Å². The molecule has 0 aliphatic carbocycles. The van der Waals surface area contributed by atoms with E-state index in [0.29, 0.717) is 5.57 Å². The van der Waals surface area contributed by atoms with E-state index in [1.165, 1.54) is 6.08 Å². The molecule has 4 heteroatoms. The van der Waals surface area contributed by atoms with Gasteiger partial charge in [-0.2, -0.15) is 0 Å². The first kappa shape index (κ1) is 19.8. The molecule has 0 aromatic heterocycles. The van der Waals surface area contributed by atoms with Crippen molar-refractivity contribution < 1.29 is 14.7 Å². The third kappa shape index (κ3) is 16.4. The number of carboxylic acids is 1. The second-order valence-corrected chi connectivity index (χ2v) is 6.44. The average Bonchev–Trinajstić information content (AvgIpc) is 2.13. The van der Waals surface area contributed by atoms with Gasteiger partial charge in [-0.1, -0.05) is 33.4 Å². The summed E-state index contributed by atoms with van der Waals surface area (Å²) < 4.78 is 0. The number of hydrogen-bond acceptors (Lipinski definition) is 2. The van der Waals surface area contributed by atoms with Crippen LogP contribution in [-0.4, -0.2) is 22.5 Å². The van der Waals surface area contributed by atoms with Crippen LogP contribution in [0.1, 0.15) is 48.5 Å². The fourth-order valence-electron chi connectivity index (χ4n) is 1.13. The highest BCUT2D eigenvalue weighted by atomic mass is 16.4. The van der Waals surface area contributed by atoms with Crippen molar-refractivity contribution in [3.8, 4) is 0 Å². The fraction of sp³-hybridized carbons (Fsp3) is 0.600. The fourth-order valence-corrected chi connectivity index (χ4v) is 1.13. The van der Waals surface area contributed by atoms with E-state index < -0.39 is 5.97 Å². The van der Waals surface area contributed by atoms with Crippen molar-refractivity contribution in [3.63, 3.8) is 0 Å². The van der Waals surface area contributed by atoms with E-state index in [1.54, 1.807) is 13.0 Å². The molecule has 0 rings (SSSR count). The van der Waals surface area contributed by atoms with Crippen molar-refractivity contribution >= 4 is 11.9 Å². The normalized spacial score (nSPS) is 12.1. The van der Waals surface area contributed by atoms with Crippen LogP contribution in [0.4, 0.5) is 0 Å². The number of carboxylic acid groups (broad SMARTS) is 1. The van der Waals surface area contributed by atoms with E-state index in [9.17, 15) is 9.59 Å². The number of allylic oxidation sites excluding steroid dienone is 1. The number of carbonyl (C=O) groups is 2. The summed E-state index contributed by atoms with van der Waals surface area (Å²) in [4.78, 5) is 20.9. The van der Waals surface area contributed by atoms with Crippen molar-refractivity contribution in [3.05, 3.63) is 24.3 Å². The van der Waals surface area contributed by atoms with Crippen LogP contribution in [0.5, 0.6) is 0 Å². The molecule has 2 N–H and O–H groups in total. The van der Waals surface area contributed by atoms with E-state index in [4.69, 9.17) is 5.11 Å². The minimum atomic E-state index is -0.838. The quantitative estimate of drug-likeness (QED) is 0.757. The van der Waals surface area contributed by atoms with Crippen molar-refractivity contribution in [2.24, 2.45) is 5.41 Å². The predicted molar refractivity (Wildman–Crippen MR) is 78.9 cm³/mol. The summed E-state index contributed by atoms with van der Waals surface area (Å²) in [7, 11) is 0. The topological polar surface area (TPSA) is 66.4 Å². The van der Waals surface area contributed by atoms with E-state index >= 15 is 0 Å². The standard InChI is InChI=1S/C8H14O2.C7H13NO/c1-6(7(9)10)5-8(2,3)4;1-5-6(9)8-7(2,3)4/h5H,1-4H3,(H,9,10);5H,1H2,2-4H3,(H,8,9). The summed E-state index contributed by atoms with van der Waals surface area (Å²) in [5, 5.41) is 11.2. The van der Waals surface area contributed by atoms with Gasteiger partial charge in [0.2, 0.25) is 5.91 Å². The number of carbonyl (C=O) groups excluding carboxylic acids is 1. The van der Waals surface area contributed by atoms with Gasteiger partial charge in [-0.25, -0.2) is 4.79 Å². The van der Waals surface area contributed by atoms with Crippen molar-refractivity contribution in [1.29, 1.82) is 0 Å². The van der Waals surface area contributed by atoms with E-state index in [0.717, 1.165) is 0 Å². The second kappa shape index (κ2) is 7.77. The molecule has 0 bridgehead atoms. The Bertz CT molecular complexity index is 355. The van der Waals surface area contributed by atoms with E-state index in [2.05, 4.69) is 11.9 Å². The summed E-state index contributed by atoms with van der Waals surface area (Å²) >= 11 is 0. The zero-order chi connectivity index (χ0) is 15.9. The number of hydrogen-bond donors (Lipinski definition) is 2. The molecule has 0 atom stereocenters. The molecule has 0 radical (unpaired) electrons. The van der Waals surface area contributed by atoms with Crippen LogP contribution in [0.2, 0.25) is 0 Å². The van der Waals surface area contributed by atoms with Gasteiger partial charge in [0.1, 0.15) is 0 Å².